The predicted octanol–water partition coefficient (Wildman–Crippen LogP) is 2.83. The van der Waals surface area contributed by atoms with Crippen molar-refractivity contribution >= 4 is 29.9 Å². The average molecular weight is 470 g/mol. The smallest absolute Gasteiger partial charge is 0.319 e. The molecule has 1 aliphatic heterocycles. The minimum atomic E-state index is -2.59. The molecule has 0 amide bonds. The molecule has 1 aromatic heterocycles. The monoisotopic (exact) mass is 470 g/mol. The highest BCUT2D eigenvalue weighted by atomic mass is 127. The normalized spacial score (nSPS) is 16.6. The van der Waals surface area contributed by atoms with E-state index in [1.54, 1.807) is 7.05 Å². The Kier molecular flexibility index (Phi) is 9.04. The van der Waals surface area contributed by atoms with Crippen LogP contribution in [0.3, 0.4) is 0 Å². The molecule has 0 spiro atoms. The second-order valence-electron chi connectivity index (χ2n) is 6.67. The molecule has 0 atom stereocenters. The van der Waals surface area contributed by atoms with Gasteiger partial charge in [-0.05, 0) is 39.8 Å². The maximum absolute atomic E-state index is 12.8. The van der Waals surface area contributed by atoms with E-state index in [1.165, 1.54) is 31.7 Å². The number of hydrogen-bond acceptors (Lipinski definition) is 3. The zero-order chi connectivity index (χ0) is 17.6. The number of imidazole rings is 1. The van der Waals surface area contributed by atoms with Gasteiger partial charge in [-0.2, -0.15) is 8.78 Å². The highest BCUT2D eigenvalue weighted by molar-refractivity contribution is 14.0. The third-order valence-electron chi connectivity index (χ3n) is 4.50. The SMILES string of the molecule is CN=C(NCc1nccn1C(F)F)NCC(C)(C)N1CCCCC1.I. The summed E-state index contributed by atoms with van der Waals surface area (Å²) in [5, 5.41) is 6.34. The lowest BCUT2D eigenvalue weighted by molar-refractivity contribution is 0.0668. The van der Waals surface area contributed by atoms with Gasteiger partial charge in [0.1, 0.15) is 5.82 Å². The maximum Gasteiger partial charge on any atom is 0.319 e. The van der Waals surface area contributed by atoms with E-state index < -0.39 is 6.55 Å². The van der Waals surface area contributed by atoms with E-state index in [9.17, 15) is 8.78 Å². The fourth-order valence-corrected chi connectivity index (χ4v) is 2.95. The first-order chi connectivity index (χ1) is 11.4. The van der Waals surface area contributed by atoms with Gasteiger partial charge in [-0.25, -0.2) is 4.98 Å². The van der Waals surface area contributed by atoms with Crippen LogP contribution in [-0.4, -0.2) is 52.6 Å². The lowest BCUT2D eigenvalue weighted by atomic mass is 9.98. The minimum Gasteiger partial charge on any atom is -0.355 e. The number of guanidine groups is 1. The molecule has 144 valence electrons. The van der Waals surface area contributed by atoms with Crippen LogP contribution in [0.4, 0.5) is 8.78 Å². The van der Waals surface area contributed by atoms with Crippen LogP contribution in [0.25, 0.3) is 0 Å². The molecule has 1 aliphatic rings. The summed E-state index contributed by atoms with van der Waals surface area (Å²) < 4.78 is 26.5. The van der Waals surface area contributed by atoms with E-state index in [0.29, 0.717) is 5.96 Å². The van der Waals surface area contributed by atoms with Gasteiger partial charge in [0, 0.05) is 31.5 Å². The first-order valence-corrected chi connectivity index (χ1v) is 8.43. The lowest BCUT2D eigenvalue weighted by Crippen LogP contribution is -2.54. The number of nitrogens with one attached hydrogen (secondary N) is 2. The van der Waals surface area contributed by atoms with Crippen LogP contribution in [0.2, 0.25) is 0 Å². The third-order valence-corrected chi connectivity index (χ3v) is 4.50. The number of likely N-dealkylation sites (tertiary alicyclic amines) is 1. The van der Waals surface area contributed by atoms with E-state index in [0.717, 1.165) is 24.2 Å². The molecule has 1 fully saturated rings. The number of aromatic nitrogens is 2. The molecule has 0 bridgehead atoms. The first kappa shape index (κ1) is 22.1. The van der Waals surface area contributed by atoms with Crippen molar-refractivity contribution < 1.29 is 8.78 Å². The highest BCUT2D eigenvalue weighted by Gasteiger charge is 2.27. The number of nitrogens with zero attached hydrogens (tertiary/aromatic N) is 4. The molecule has 0 unspecified atom stereocenters. The Morgan fingerprint density at radius 2 is 1.96 bits per heavy atom. The Hall–Kier alpha value is -0.970. The molecule has 2 rings (SSSR count). The number of alkyl halides is 2. The third kappa shape index (κ3) is 6.36. The molecular formula is C16H29F2IN6. The van der Waals surface area contributed by atoms with Crippen LogP contribution >= 0.6 is 24.0 Å². The van der Waals surface area contributed by atoms with E-state index in [1.807, 2.05) is 0 Å². The molecule has 0 aromatic carbocycles. The van der Waals surface area contributed by atoms with E-state index in [4.69, 9.17) is 0 Å². The van der Waals surface area contributed by atoms with Gasteiger partial charge >= 0.3 is 6.55 Å². The Morgan fingerprint density at radius 3 is 2.56 bits per heavy atom. The second-order valence-corrected chi connectivity index (χ2v) is 6.67. The summed E-state index contributed by atoms with van der Waals surface area (Å²) in [7, 11) is 1.67. The quantitative estimate of drug-likeness (QED) is 0.382. The molecule has 1 aromatic rings. The molecule has 1 saturated heterocycles. The summed E-state index contributed by atoms with van der Waals surface area (Å²) in [5.74, 6) is 0.868. The Balaban J connectivity index is 0.00000312. The summed E-state index contributed by atoms with van der Waals surface area (Å²) in [6, 6.07) is 0. The highest BCUT2D eigenvalue weighted by Crippen LogP contribution is 2.19. The lowest BCUT2D eigenvalue weighted by Gasteiger charge is -2.41. The molecule has 0 aliphatic carbocycles. The summed E-state index contributed by atoms with van der Waals surface area (Å²) in [6.07, 6.45) is 6.44. The zero-order valence-corrected chi connectivity index (χ0v) is 17.5. The number of piperidine rings is 1. The van der Waals surface area contributed by atoms with Crippen molar-refractivity contribution in [1.82, 2.24) is 25.1 Å². The molecule has 6 nitrogen and oxygen atoms in total. The molecule has 25 heavy (non-hydrogen) atoms. The number of halogens is 3. The van der Waals surface area contributed by atoms with Gasteiger partial charge in [-0.1, -0.05) is 6.42 Å². The van der Waals surface area contributed by atoms with E-state index in [-0.39, 0.29) is 41.9 Å². The molecule has 2 N–H and O–H groups in total. The molecule has 9 heteroatoms. The van der Waals surface area contributed by atoms with Crippen LogP contribution in [0.5, 0.6) is 0 Å². The van der Waals surface area contributed by atoms with Crippen molar-refractivity contribution in [1.29, 1.82) is 0 Å². The molecule has 0 radical (unpaired) electrons. The van der Waals surface area contributed by atoms with Gasteiger partial charge < -0.3 is 10.6 Å². The van der Waals surface area contributed by atoms with Crippen molar-refractivity contribution in [3.05, 3.63) is 18.2 Å². The second kappa shape index (κ2) is 10.2. The standard InChI is InChI=1S/C16H28F2N6.HI/c1-16(2,23-8-5-4-6-9-23)12-22-15(19-3)21-11-13-20-7-10-24(13)14(17)18;/h7,10,14H,4-6,8-9,11-12H2,1-3H3,(H2,19,21,22);1H. The van der Waals surface area contributed by atoms with Crippen LogP contribution in [-0.2, 0) is 6.54 Å². The summed E-state index contributed by atoms with van der Waals surface area (Å²) in [4.78, 5) is 10.6. The molecule has 2 heterocycles. The topological polar surface area (TPSA) is 57.5 Å². The fourth-order valence-electron chi connectivity index (χ4n) is 2.95. The Labute approximate surface area is 165 Å². The van der Waals surface area contributed by atoms with Crippen molar-refractivity contribution in [2.45, 2.75) is 51.7 Å². The Morgan fingerprint density at radius 1 is 1.28 bits per heavy atom. The maximum atomic E-state index is 12.8. The van der Waals surface area contributed by atoms with Gasteiger partial charge in [0.2, 0.25) is 0 Å². The van der Waals surface area contributed by atoms with Gasteiger partial charge in [0.15, 0.2) is 5.96 Å². The molecular weight excluding hydrogens is 441 g/mol. The molecule has 0 saturated carbocycles. The van der Waals surface area contributed by atoms with Crippen molar-refractivity contribution in [2.75, 3.05) is 26.7 Å². The largest absolute Gasteiger partial charge is 0.355 e. The minimum absolute atomic E-state index is 0. The van der Waals surface area contributed by atoms with E-state index >= 15 is 0 Å². The van der Waals surface area contributed by atoms with Crippen LogP contribution < -0.4 is 10.6 Å². The number of hydrogen-bond donors (Lipinski definition) is 2. The Bertz CT molecular complexity index is 540. The van der Waals surface area contributed by atoms with Gasteiger partial charge in [-0.3, -0.25) is 14.5 Å². The van der Waals surface area contributed by atoms with Crippen molar-refractivity contribution in [2.24, 2.45) is 4.99 Å². The number of aliphatic imine (C=N–C) groups is 1. The summed E-state index contributed by atoms with van der Waals surface area (Å²) in [5.41, 5.74) is 0.0134. The fraction of sp³-hybridized carbons (Fsp3) is 0.750. The average Bonchev–Trinajstić information content (AvgIpc) is 3.04. The predicted molar refractivity (Wildman–Crippen MR) is 107 cm³/mol. The van der Waals surface area contributed by atoms with Gasteiger partial charge in [-0.15, -0.1) is 24.0 Å². The first-order valence-electron chi connectivity index (χ1n) is 8.43. The van der Waals surface area contributed by atoms with Crippen molar-refractivity contribution in [3.8, 4) is 0 Å². The van der Waals surface area contributed by atoms with Crippen LogP contribution in [0.1, 0.15) is 45.5 Å². The zero-order valence-electron chi connectivity index (χ0n) is 15.1. The summed E-state index contributed by atoms with van der Waals surface area (Å²) >= 11 is 0. The number of rotatable bonds is 6. The van der Waals surface area contributed by atoms with Crippen LogP contribution in [0.15, 0.2) is 17.4 Å². The van der Waals surface area contributed by atoms with Gasteiger partial charge in [0.25, 0.3) is 0 Å². The van der Waals surface area contributed by atoms with Crippen molar-refractivity contribution in [3.63, 3.8) is 0 Å². The van der Waals surface area contributed by atoms with E-state index in [2.05, 4.69) is 39.4 Å². The van der Waals surface area contributed by atoms with Crippen LogP contribution in [0, 0.1) is 0 Å². The van der Waals surface area contributed by atoms with Gasteiger partial charge in [0.05, 0.1) is 6.54 Å². The summed E-state index contributed by atoms with van der Waals surface area (Å²) in [6.45, 7) is 5.00.